The fourth-order valence-corrected chi connectivity index (χ4v) is 1.04. The van der Waals surface area contributed by atoms with E-state index in [4.69, 9.17) is 0 Å². The van der Waals surface area contributed by atoms with Crippen LogP contribution >= 0.6 is 0 Å². The fourth-order valence-electron chi connectivity index (χ4n) is 1.04. The number of likely N-dealkylation sites (N-methyl/N-ethyl adjacent to an activating group) is 2. The highest BCUT2D eigenvalue weighted by Crippen LogP contribution is 1.96. The normalized spacial score (nSPS) is 10.9. The van der Waals surface area contributed by atoms with Crippen LogP contribution in [0.5, 0.6) is 0 Å². The first-order valence-corrected chi connectivity index (χ1v) is 4.32. The Balaban J connectivity index is 3.77. The lowest BCUT2D eigenvalue weighted by molar-refractivity contribution is -0.130. The van der Waals surface area contributed by atoms with Crippen molar-refractivity contribution in [1.82, 2.24) is 9.80 Å². The van der Waals surface area contributed by atoms with Crippen molar-refractivity contribution < 1.29 is 4.79 Å². The van der Waals surface area contributed by atoms with E-state index in [0.717, 1.165) is 6.54 Å². The fraction of sp³-hybridized carbons (Fsp3) is 0.889. The maximum absolute atomic E-state index is 11.4. The minimum Gasteiger partial charge on any atom is -0.344 e. The highest BCUT2D eigenvalue weighted by atomic mass is 16.2. The maximum Gasteiger partial charge on any atom is 0.236 e. The molecule has 0 spiro atoms. The maximum atomic E-state index is 11.4. The molecule has 12 heavy (non-hydrogen) atoms. The molecule has 0 atom stereocenters. The van der Waals surface area contributed by atoms with Gasteiger partial charge in [0.2, 0.25) is 5.91 Å². The highest BCUT2D eigenvalue weighted by Gasteiger charge is 2.10. The second-order valence-electron chi connectivity index (χ2n) is 3.91. The molecule has 0 aromatic carbocycles. The van der Waals surface area contributed by atoms with Gasteiger partial charge in [-0.25, -0.2) is 0 Å². The van der Waals surface area contributed by atoms with Crippen molar-refractivity contribution in [2.45, 2.75) is 13.8 Å². The Bertz CT molecular complexity index is 143. The molecule has 0 radical (unpaired) electrons. The molecular weight excluding hydrogens is 152 g/mol. The molecular formula is C9H20N2O. The summed E-state index contributed by atoms with van der Waals surface area (Å²) >= 11 is 0. The lowest BCUT2D eigenvalue weighted by atomic mass is 10.2. The van der Waals surface area contributed by atoms with Crippen LogP contribution in [0.1, 0.15) is 13.8 Å². The molecule has 0 N–H and O–H groups in total. The van der Waals surface area contributed by atoms with Crippen molar-refractivity contribution in [2.24, 2.45) is 5.92 Å². The molecule has 0 aliphatic rings. The Hall–Kier alpha value is -0.570. The molecule has 0 aliphatic heterocycles. The first-order chi connectivity index (χ1) is 5.43. The van der Waals surface area contributed by atoms with Gasteiger partial charge in [-0.2, -0.15) is 0 Å². The van der Waals surface area contributed by atoms with Gasteiger partial charge in [0.15, 0.2) is 0 Å². The molecule has 0 aromatic heterocycles. The second kappa shape index (κ2) is 5.14. The van der Waals surface area contributed by atoms with Gasteiger partial charge in [-0.15, -0.1) is 0 Å². The standard InChI is InChI=1S/C9H20N2O/c1-8(2)6-11(5)9(12)7-10(3)4/h8H,6-7H2,1-5H3. The molecule has 0 aliphatic carbocycles. The molecule has 0 rings (SSSR count). The topological polar surface area (TPSA) is 23.6 Å². The summed E-state index contributed by atoms with van der Waals surface area (Å²) in [5.41, 5.74) is 0. The van der Waals surface area contributed by atoms with Crippen molar-refractivity contribution in [1.29, 1.82) is 0 Å². The smallest absolute Gasteiger partial charge is 0.236 e. The van der Waals surface area contributed by atoms with E-state index in [0.29, 0.717) is 12.5 Å². The van der Waals surface area contributed by atoms with E-state index in [-0.39, 0.29) is 5.91 Å². The summed E-state index contributed by atoms with van der Waals surface area (Å²) < 4.78 is 0. The van der Waals surface area contributed by atoms with Crippen molar-refractivity contribution in [3.63, 3.8) is 0 Å². The molecule has 0 unspecified atom stereocenters. The monoisotopic (exact) mass is 172 g/mol. The van der Waals surface area contributed by atoms with Gasteiger partial charge in [-0.3, -0.25) is 4.79 Å². The summed E-state index contributed by atoms with van der Waals surface area (Å²) in [5.74, 6) is 0.731. The van der Waals surface area contributed by atoms with Crippen LogP contribution in [0, 0.1) is 5.92 Å². The van der Waals surface area contributed by atoms with E-state index in [2.05, 4.69) is 13.8 Å². The van der Waals surface area contributed by atoms with E-state index < -0.39 is 0 Å². The Morgan fingerprint density at radius 3 is 2.08 bits per heavy atom. The van der Waals surface area contributed by atoms with Crippen LogP contribution in [0.25, 0.3) is 0 Å². The Kier molecular flexibility index (Phi) is 4.90. The zero-order chi connectivity index (χ0) is 9.72. The summed E-state index contributed by atoms with van der Waals surface area (Å²) in [5, 5.41) is 0. The van der Waals surface area contributed by atoms with Crippen LogP contribution in [0.2, 0.25) is 0 Å². The zero-order valence-corrected chi connectivity index (χ0v) is 8.79. The molecule has 3 heteroatoms. The summed E-state index contributed by atoms with van der Waals surface area (Å²) in [6.45, 7) is 5.56. The third-order valence-corrected chi connectivity index (χ3v) is 1.52. The molecule has 0 bridgehead atoms. The predicted octanol–water partition coefficient (Wildman–Crippen LogP) is 0.662. The van der Waals surface area contributed by atoms with Crippen LogP contribution in [0.15, 0.2) is 0 Å². The summed E-state index contributed by atoms with van der Waals surface area (Å²) in [7, 11) is 5.66. The van der Waals surface area contributed by atoms with E-state index >= 15 is 0 Å². The molecule has 72 valence electrons. The Morgan fingerprint density at radius 1 is 1.25 bits per heavy atom. The first-order valence-electron chi connectivity index (χ1n) is 4.32. The molecule has 0 aromatic rings. The van der Waals surface area contributed by atoms with Gasteiger partial charge < -0.3 is 9.80 Å². The highest BCUT2D eigenvalue weighted by molar-refractivity contribution is 5.77. The number of nitrogens with zero attached hydrogens (tertiary/aromatic N) is 2. The van der Waals surface area contributed by atoms with Gasteiger partial charge in [-0.05, 0) is 20.0 Å². The van der Waals surface area contributed by atoms with Crippen molar-refractivity contribution in [3.05, 3.63) is 0 Å². The summed E-state index contributed by atoms with van der Waals surface area (Å²) in [4.78, 5) is 15.0. The Labute approximate surface area is 75.3 Å². The summed E-state index contributed by atoms with van der Waals surface area (Å²) in [6, 6.07) is 0. The van der Waals surface area contributed by atoms with E-state index in [1.54, 1.807) is 4.90 Å². The van der Waals surface area contributed by atoms with Gasteiger partial charge >= 0.3 is 0 Å². The Morgan fingerprint density at radius 2 is 1.75 bits per heavy atom. The van der Waals surface area contributed by atoms with Crippen molar-refractivity contribution in [2.75, 3.05) is 34.2 Å². The van der Waals surface area contributed by atoms with Gasteiger partial charge in [-0.1, -0.05) is 13.8 Å². The molecule has 0 heterocycles. The lowest BCUT2D eigenvalue weighted by Gasteiger charge is -2.21. The molecule has 0 fully saturated rings. The zero-order valence-electron chi connectivity index (χ0n) is 8.79. The first kappa shape index (κ1) is 11.4. The number of carbonyl (C=O) groups is 1. The number of hydrogen-bond donors (Lipinski definition) is 0. The predicted molar refractivity (Wildman–Crippen MR) is 51.0 cm³/mol. The van der Waals surface area contributed by atoms with Crippen LogP contribution in [-0.2, 0) is 4.79 Å². The minimum absolute atomic E-state index is 0.189. The lowest BCUT2D eigenvalue weighted by Crippen LogP contribution is -2.37. The van der Waals surface area contributed by atoms with Crippen molar-refractivity contribution >= 4 is 5.91 Å². The number of amides is 1. The quantitative estimate of drug-likeness (QED) is 0.622. The van der Waals surface area contributed by atoms with Crippen LogP contribution in [0.4, 0.5) is 0 Å². The van der Waals surface area contributed by atoms with Gasteiger partial charge in [0.1, 0.15) is 0 Å². The third kappa shape index (κ3) is 5.13. The van der Waals surface area contributed by atoms with Gasteiger partial charge in [0.05, 0.1) is 6.54 Å². The second-order valence-corrected chi connectivity index (χ2v) is 3.91. The van der Waals surface area contributed by atoms with E-state index in [1.165, 1.54) is 0 Å². The summed E-state index contributed by atoms with van der Waals surface area (Å²) in [6.07, 6.45) is 0. The minimum atomic E-state index is 0.189. The molecule has 1 amide bonds. The van der Waals surface area contributed by atoms with Crippen LogP contribution in [0.3, 0.4) is 0 Å². The average Bonchev–Trinajstić information content (AvgIpc) is 1.84. The molecule has 0 saturated carbocycles. The molecule has 3 nitrogen and oxygen atoms in total. The number of rotatable bonds is 4. The molecule has 0 saturated heterocycles. The van der Waals surface area contributed by atoms with Crippen LogP contribution < -0.4 is 0 Å². The number of carbonyl (C=O) groups excluding carboxylic acids is 1. The SMILES string of the molecule is CC(C)CN(C)C(=O)CN(C)C. The van der Waals surface area contributed by atoms with Crippen LogP contribution in [-0.4, -0.2) is 49.9 Å². The van der Waals surface area contributed by atoms with E-state index in [9.17, 15) is 4.79 Å². The van der Waals surface area contributed by atoms with E-state index in [1.807, 2.05) is 26.0 Å². The average molecular weight is 172 g/mol. The largest absolute Gasteiger partial charge is 0.344 e. The van der Waals surface area contributed by atoms with Gasteiger partial charge in [0, 0.05) is 13.6 Å². The third-order valence-electron chi connectivity index (χ3n) is 1.52. The van der Waals surface area contributed by atoms with Gasteiger partial charge in [0.25, 0.3) is 0 Å². The van der Waals surface area contributed by atoms with Crippen molar-refractivity contribution in [3.8, 4) is 0 Å². The number of hydrogen-bond acceptors (Lipinski definition) is 2.